The Hall–Kier alpha value is -1.06. The minimum atomic E-state index is 0.791. The van der Waals surface area contributed by atoms with Gasteiger partial charge in [-0.15, -0.1) is 0 Å². The lowest BCUT2D eigenvalue weighted by molar-refractivity contribution is 0.231. The van der Waals surface area contributed by atoms with Crippen molar-refractivity contribution in [1.82, 2.24) is 10.2 Å². The summed E-state index contributed by atoms with van der Waals surface area (Å²) in [6.07, 6.45) is 2.66. The summed E-state index contributed by atoms with van der Waals surface area (Å²) in [6, 6.07) is 8.34. The van der Waals surface area contributed by atoms with E-state index in [-0.39, 0.29) is 0 Å². The van der Waals surface area contributed by atoms with Crippen LogP contribution in [0.2, 0.25) is 0 Å². The molecule has 1 aromatic rings. The number of benzene rings is 1. The van der Waals surface area contributed by atoms with E-state index in [0.717, 1.165) is 37.9 Å². The predicted molar refractivity (Wildman–Crippen MR) is 84.2 cm³/mol. The maximum atomic E-state index is 5.98. The molecular formula is C17H28N2O. The van der Waals surface area contributed by atoms with E-state index in [1.165, 1.54) is 31.5 Å². The quantitative estimate of drug-likeness (QED) is 0.790. The van der Waals surface area contributed by atoms with Gasteiger partial charge in [0.2, 0.25) is 0 Å². The Morgan fingerprint density at radius 3 is 2.90 bits per heavy atom. The molecule has 0 radical (unpaired) electrons. The predicted octanol–water partition coefficient (Wildman–Crippen LogP) is 2.91. The van der Waals surface area contributed by atoms with Crippen LogP contribution in [0, 0.1) is 5.92 Å². The summed E-state index contributed by atoms with van der Waals surface area (Å²) in [7, 11) is 0. The van der Waals surface area contributed by atoms with Gasteiger partial charge in [-0.2, -0.15) is 0 Å². The van der Waals surface area contributed by atoms with Crippen molar-refractivity contribution in [2.24, 2.45) is 5.92 Å². The largest absolute Gasteiger partial charge is 0.492 e. The highest BCUT2D eigenvalue weighted by atomic mass is 16.5. The van der Waals surface area contributed by atoms with Crippen molar-refractivity contribution >= 4 is 0 Å². The zero-order valence-electron chi connectivity index (χ0n) is 12.9. The average molecular weight is 276 g/mol. The molecule has 3 heteroatoms. The van der Waals surface area contributed by atoms with Gasteiger partial charge in [-0.25, -0.2) is 0 Å². The summed E-state index contributed by atoms with van der Waals surface area (Å²) in [5.41, 5.74) is 1.25. The van der Waals surface area contributed by atoms with Gasteiger partial charge < -0.3 is 10.1 Å². The second-order valence-electron chi connectivity index (χ2n) is 5.60. The van der Waals surface area contributed by atoms with Crippen LogP contribution >= 0.6 is 0 Å². The highest BCUT2D eigenvalue weighted by Gasteiger charge is 2.20. The standard InChI is InChI=1S/C17H28N2O/c1-3-15-9-10-19(14-15)11-12-20-17-8-6-5-7-16(17)13-18-4-2/h5-8,15,18H,3-4,9-14H2,1-2H3. The lowest BCUT2D eigenvalue weighted by Gasteiger charge is -2.17. The van der Waals surface area contributed by atoms with Crippen LogP contribution in [0.4, 0.5) is 0 Å². The molecule has 1 aliphatic rings. The van der Waals surface area contributed by atoms with E-state index >= 15 is 0 Å². The fraction of sp³-hybridized carbons (Fsp3) is 0.647. The third-order valence-corrected chi connectivity index (χ3v) is 4.15. The van der Waals surface area contributed by atoms with Gasteiger partial charge in [-0.3, -0.25) is 4.90 Å². The Kier molecular flexibility index (Phi) is 6.34. The van der Waals surface area contributed by atoms with Gasteiger partial charge in [-0.1, -0.05) is 38.5 Å². The van der Waals surface area contributed by atoms with Gasteiger partial charge in [0, 0.05) is 25.2 Å². The van der Waals surface area contributed by atoms with E-state index in [9.17, 15) is 0 Å². The lowest BCUT2D eigenvalue weighted by atomic mass is 10.1. The second kappa shape index (κ2) is 8.28. The smallest absolute Gasteiger partial charge is 0.123 e. The van der Waals surface area contributed by atoms with Gasteiger partial charge in [0.1, 0.15) is 12.4 Å². The molecule has 1 unspecified atom stereocenters. The first-order chi connectivity index (χ1) is 9.83. The molecule has 0 spiro atoms. The molecule has 0 aliphatic carbocycles. The number of rotatable bonds is 8. The molecule has 112 valence electrons. The fourth-order valence-electron chi connectivity index (χ4n) is 2.78. The summed E-state index contributed by atoms with van der Waals surface area (Å²) in [5.74, 6) is 1.93. The zero-order chi connectivity index (χ0) is 14.2. The summed E-state index contributed by atoms with van der Waals surface area (Å²) in [6.45, 7) is 10.6. The van der Waals surface area contributed by atoms with Crippen molar-refractivity contribution in [1.29, 1.82) is 0 Å². The first-order valence-electron chi connectivity index (χ1n) is 7.97. The molecule has 1 aromatic carbocycles. The number of likely N-dealkylation sites (tertiary alicyclic amines) is 1. The monoisotopic (exact) mass is 276 g/mol. The van der Waals surface area contributed by atoms with Crippen LogP contribution in [0.25, 0.3) is 0 Å². The van der Waals surface area contributed by atoms with E-state index < -0.39 is 0 Å². The van der Waals surface area contributed by atoms with E-state index in [1.54, 1.807) is 0 Å². The minimum Gasteiger partial charge on any atom is -0.492 e. The number of hydrogen-bond acceptors (Lipinski definition) is 3. The Labute approximate surface area is 123 Å². The molecule has 0 aromatic heterocycles. The van der Waals surface area contributed by atoms with E-state index in [0.29, 0.717) is 0 Å². The van der Waals surface area contributed by atoms with Gasteiger partial charge >= 0.3 is 0 Å². The van der Waals surface area contributed by atoms with Crippen LogP contribution < -0.4 is 10.1 Å². The second-order valence-corrected chi connectivity index (χ2v) is 5.60. The Balaban J connectivity index is 1.76. The highest BCUT2D eigenvalue weighted by molar-refractivity contribution is 5.33. The summed E-state index contributed by atoms with van der Waals surface area (Å²) >= 11 is 0. The van der Waals surface area contributed by atoms with E-state index in [2.05, 4.69) is 42.3 Å². The molecule has 1 saturated heterocycles. The van der Waals surface area contributed by atoms with E-state index in [1.807, 2.05) is 6.07 Å². The number of hydrogen-bond donors (Lipinski definition) is 1. The Bertz CT molecular complexity index is 394. The summed E-state index contributed by atoms with van der Waals surface area (Å²) in [5, 5.41) is 3.36. The Morgan fingerprint density at radius 2 is 2.15 bits per heavy atom. The SMILES string of the molecule is CCNCc1ccccc1OCCN1CCC(CC)C1. The topological polar surface area (TPSA) is 24.5 Å². The number of para-hydroxylation sites is 1. The molecule has 1 N–H and O–H groups in total. The average Bonchev–Trinajstić information content (AvgIpc) is 2.94. The van der Waals surface area contributed by atoms with Crippen molar-refractivity contribution in [3.05, 3.63) is 29.8 Å². The molecule has 3 nitrogen and oxygen atoms in total. The first-order valence-corrected chi connectivity index (χ1v) is 7.97. The third kappa shape index (κ3) is 4.50. The summed E-state index contributed by atoms with van der Waals surface area (Å²) < 4.78 is 5.98. The van der Waals surface area contributed by atoms with Gasteiger partial charge in [0.15, 0.2) is 0 Å². The minimum absolute atomic E-state index is 0.791. The molecule has 20 heavy (non-hydrogen) atoms. The van der Waals surface area contributed by atoms with Crippen LogP contribution in [0.3, 0.4) is 0 Å². The van der Waals surface area contributed by atoms with Crippen molar-refractivity contribution in [3.63, 3.8) is 0 Å². The summed E-state index contributed by atoms with van der Waals surface area (Å²) in [4.78, 5) is 2.53. The van der Waals surface area contributed by atoms with Crippen LogP contribution in [0.15, 0.2) is 24.3 Å². The first kappa shape index (κ1) is 15.3. The lowest BCUT2D eigenvalue weighted by Crippen LogP contribution is -2.26. The third-order valence-electron chi connectivity index (χ3n) is 4.15. The van der Waals surface area contributed by atoms with Gasteiger partial charge in [0.25, 0.3) is 0 Å². The molecule has 0 bridgehead atoms. The molecule has 1 heterocycles. The number of ether oxygens (including phenoxy) is 1. The molecule has 0 saturated carbocycles. The van der Waals surface area contributed by atoms with Crippen LogP contribution in [-0.2, 0) is 6.54 Å². The number of nitrogens with one attached hydrogen (secondary N) is 1. The molecule has 1 atom stereocenters. The van der Waals surface area contributed by atoms with Crippen LogP contribution in [-0.4, -0.2) is 37.7 Å². The normalized spacial score (nSPS) is 19.4. The fourth-order valence-corrected chi connectivity index (χ4v) is 2.78. The zero-order valence-corrected chi connectivity index (χ0v) is 12.9. The molecular weight excluding hydrogens is 248 g/mol. The van der Waals surface area contributed by atoms with Crippen molar-refractivity contribution in [2.75, 3.05) is 32.8 Å². The molecule has 1 aliphatic heterocycles. The van der Waals surface area contributed by atoms with Crippen LogP contribution in [0.1, 0.15) is 32.3 Å². The maximum absolute atomic E-state index is 5.98. The molecule has 1 fully saturated rings. The van der Waals surface area contributed by atoms with Gasteiger partial charge in [0.05, 0.1) is 0 Å². The van der Waals surface area contributed by atoms with E-state index in [4.69, 9.17) is 4.74 Å². The molecule has 0 amide bonds. The maximum Gasteiger partial charge on any atom is 0.123 e. The number of nitrogens with zero attached hydrogens (tertiary/aromatic N) is 1. The highest BCUT2D eigenvalue weighted by Crippen LogP contribution is 2.20. The Morgan fingerprint density at radius 1 is 1.30 bits per heavy atom. The van der Waals surface area contributed by atoms with Crippen molar-refractivity contribution < 1.29 is 4.74 Å². The van der Waals surface area contributed by atoms with Crippen molar-refractivity contribution in [2.45, 2.75) is 33.2 Å². The van der Waals surface area contributed by atoms with Crippen molar-refractivity contribution in [3.8, 4) is 5.75 Å². The molecule has 2 rings (SSSR count). The van der Waals surface area contributed by atoms with Gasteiger partial charge in [-0.05, 0) is 31.5 Å². The van der Waals surface area contributed by atoms with Crippen LogP contribution in [0.5, 0.6) is 5.75 Å².